The van der Waals surface area contributed by atoms with E-state index in [0.29, 0.717) is 12.2 Å². The number of rotatable bonds is 6. The smallest absolute Gasteiger partial charge is 0.240 e. The quantitative estimate of drug-likeness (QED) is 0.851. The first-order chi connectivity index (χ1) is 13.0. The maximum atomic E-state index is 12.9. The predicted octanol–water partition coefficient (Wildman–Crippen LogP) is 3.10. The van der Waals surface area contributed by atoms with Crippen LogP contribution in [0.4, 0.5) is 15.8 Å². The number of benzene rings is 2. The van der Waals surface area contributed by atoms with Crippen molar-refractivity contribution in [2.75, 3.05) is 29.4 Å². The molecule has 142 valence electrons. The Bertz CT molecular complexity index is 784. The topological polar surface area (TPSA) is 52.7 Å². The van der Waals surface area contributed by atoms with Gasteiger partial charge in [-0.25, -0.2) is 4.39 Å². The van der Waals surface area contributed by atoms with E-state index < -0.39 is 0 Å². The van der Waals surface area contributed by atoms with Crippen LogP contribution in [0.15, 0.2) is 48.5 Å². The maximum Gasteiger partial charge on any atom is 0.240 e. The standard InChI is InChI=1S/C21H24FN3O2/c1-16(26)25(15-21(27)23-14-17-4-6-18(22)7-5-17)20-10-8-19(9-11-20)24-12-2-3-13-24/h4-11H,2-3,12-15H2,1H3,(H,23,27). The summed E-state index contributed by atoms with van der Waals surface area (Å²) in [6.45, 7) is 3.79. The number of carbonyl (C=O) groups is 2. The molecule has 2 aromatic rings. The molecule has 1 saturated heterocycles. The predicted molar refractivity (Wildman–Crippen MR) is 104 cm³/mol. The van der Waals surface area contributed by atoms with Gasteiger partial charge in [0.2, 0.25) is 11.8 Å². The second-order valence-electron chi connectivity index (χ2n) is 6.72. The average Bonchev–Trinajstić information content (AvgIpc) is 3.20. The molecular formula is C21H24FN3O2. The lowest BCUT2D eigenvalue weighted by atomic mass is 10.2. The van der Waals surface area contributed by atoms with Crippen LogP contribution in [0.3, 0.4) is 0 Å². The lowest BCUT2D eigenvalue weighted by molar-refractivity contribution is -0.123. The van der Waals surface area contributed by atoms with Gasteiger partial charge in [-0.15, -0.1) is 0 Å². The van der Waals surface area contributed by atoms with Gasteiger partial charge in [0.15, 0.2) is 0 Å². The zero-order chi connectivity index (χ0) is 19.2. The number of hydrogen-bond donors (Lipinski definition) is 1. The molecule has 0 bridgehead atoms. The third-order valence-electron chi connectivity index (χ3n) is 4.72. The third kappa shape index (κ3) is 5.06. The van der Waals surface area contributed by atoms with Crippen molar-refractivity contribution in [3.8, 4) is 0 Å². The molecule has 1 fully saturated rings. The van der Waals surface area contributed by atoms with Crippen molar-refractivity contribution in [2.45, 2.75) is 26.3 Å². The molecule has 3 rings (SSSR count). The summed E-state index contributed by atoms with van der Waals surface area (Å²) < 4.78 is 12.9. The van der Waals surface area contributed by atoms with Gasteiger partial charge >= 0.3 is 0 Å². The summed E-state index contributed by atoms with van der Waals surface area (Å²) in [4.78, 5) is 28.1. The van der Waals surface area contributed by atoms with E-state index in [2.05, 4.69) is 10.2 Å². The fourth-order valence-electron chi connectivity index (χ4n) is 3.21. The van der Waals surface area contributed by atoms with Crippen LogP contribution in [0.25, 0.3) is 0 Å². The Morgan fingerprint density at radius 1 is 1.04 bits per heavy atom. The molecule has 0 radical (unpaired) electrons. The monoisotopic (exact) mass is 369 g/mol. The minimum absolute atomic E-state index is 0.0560. The van der Waals surface area contributed by atoms with Crippen molar-refractivity contribution < 1.29 is 14.0 Å². The van der Waals surface area contributed by atoms with Crippen LogP contribution in [-0.2, 0) is 16.1 Å². The second kappa shape index (κ2) is 8.66. The van der Waals surface area contributed by atoms with Crippen molar-refractivity contribution in [1.82, 2.24) is 5.32 Å². The molecule has 1 aliphatic rings. The van der Waals surface area contributed by atoms with Gasteiger partial charge in [0.05, 0.1) is 0 Å². The molecule has 0 atom stereocenters. The fraction of sp³-hybridized carbons (Fsp3) is 0.333. The lowest BCUT2D eigenvalue weighted by Gasteiger charge is -2.23. The van der Waals surface area contributed by atoms with Gasteiger partial charge in [0.25, 0.3) is 0 Å². The van der Waals surface area contributed by atoms with Crippen LogP contribution in [-0.4, -0.2) is 31.4 Å². The normalized spacial score (nSPS) is 13.5. The van der Waals surface area contributed by atoms with Crippen LogP contribution in [0.1, 0.15) is 25.3 Å². The highest BCUT2D eigenvalue weighted by atomic mass is 19.1. The molecular weight excluding hydrogens is 345 g/mol. The minimum atomic E-state index is -0.315. The number of nitrogens with one attached hydrogen (secondary N) is 1. The number of anilines is 2. The number of halogens is 1. The van der Waals surface area contributed by atoms with Crippen LogP contribution in [0.5, 0.6) is 0 Å². The van der Waals surface area contributed by atoms with Gasteiger partial charge < -0.3 is 15.1 Å². The van der Waals surface area contributed by atoms with Crippen LogP contribution < -0.4 is 15.1 Å². The molecule has 0 unspecified atom stereocenters. The number of hydrogen-bond acceptors (Lipinski definition) is 3. The summed E-state index contributed by atoms with van der Waals surface area (Å²) in [5, 5.41) is 2.77. The third-order valence-corrected chi connectivity index (χ3v) is 4.72. The highest BCUT2D eigenvalue weighted by Gasteiger charge is 2.17. The van der Waals surface area contributed by atoms with Gasteiger partial charge in [-0.05, 0) is 54.8 Å². The maximum absolute atomic E-state index is 12.9. The number of nitrogens with zero attached hydrogens (tertiary/aromatic N) is 2. The summed E-state index contributed by atoms with van der Waals surface area (Å²) >= 11 is 0. The second-order valence-corrected chi connectivity index (χ2v) is 6.72. The Kier molecular flexibility index (Phi) is 6.06. The Hall–Kier alpha value is -2.89. The highest BCUT2D eigenvalue weighted by molar-refractivity contribution is 5.97. The van der Waals surface area contributed by atoms with Crippen molar-refractivity contribution >= 4 is 23.2 Å². The molecule has 1 N–H and O–H groups in total. The molecule has 0 spiro atoms. The Morgan fingerprint density at radius 3 is 2.26 bits per heavy atom. The van der Waals surface area contributed by atoms with Crippen molar-refractivity contribution in [2.24, 2.45) is 0 Å². The zero-order valence-corrected chi connectivity index (χ0v) is 15.5. The molecule has 1 heterocycles. The minimum Gasteiger partial charge on any atom is -0.372 e. The lowest BCUT2D eigenvalue weighted by Crippen LogP contribution is -2.39. The molecule has 0 saturated carbocycles. The van der Waals surface area contributed by atoms with Crippen LogP contribution >= 0.6 is 0 Å². The molecule has 2 amide bonds. The fourth-order valence-corrected chi connectivity index (χ4v) is 3.21. The molecule has 5 nitrogen and oxygen atoms in total. The van der Waals surface area contributed by atoms with Gasteiger partial charge in [-0.1, -0.05) is 12.1 Å². The summed E-state index contributed by atoms with van der Waals surface area (Å²) in [6.07, 6.45) is 2.41. The summed E-state index contributed by atoms with van der Waals surface area (Å²) in [6, 6.07) is 13.7. The molecule has 0 aromatic heterocycles. The van der Waals surface area contributed by atoms with Crippen LogP contribution in [0, 0.1) is 5.82 Å². The summed E-state index contributed by atoms with van der Waals surface area (Å²) in [7, 11) is 0. The Morgan fingerprint density at radius 2 is 1.67 bits per heavy atom. The molecule has 1 aliphatic heterocycles. The van der Waals surface area contributed by atoms with E-state index in [1.165, 1.54) is 36.8 Å². The van der Waals surface area contributed by atoms with Crippen molar-refractivity contribution in [3.63, 3.8) is 0 Å². The van der Waals surface area contributed by atoms with E-state index in [-0.39, 0.29) is 24.2 Å². The summed E-state index contributed by atoms with van der Waals surface area (Å²) in [5.74, 6) is -0.774. The van der Waals surface area contributed by atoms with E-state index >= 15 is 0 Å². The van der Waals surface area contributed by atoms with E-state index in [1.54, 1.807) is 12.1 Å². The van der Waals surface area contributed by atoms with E-state index in [4.69, 9.17) is 0 Å². The molecule has 6 heteroatoms. The van der Waals surface area contributed by atoms with E-state index in [1.807, 2.05) is 24.3 Å². The van der Waals surface area contributed by atoms with Crippen molar-refractivity contribution in [1.29, 1.82) is 0 Å². The van der Waals surface area contributed by atoms with Crippen molar-refractivity contribution in [3.05, 3.63) is 59.9 Å². The SMILES string of the molecule is CC(=O)N(CC(=O)NCc1ccc(F)cc1)c1ccc(N2CCCC2)cc1. The first-order valence-electron chi connectivity index (χ1n) is 9.17. The van der Waals surface area contributed by atoms with Gasteiger partial charge in [0, 0.05) is 37.9 Å². The van der Waals surface area contributed by atoms with E-state index in [9.17, 15) is 14.0 Å². The van der Waals surface area contributed by atoms with E-state index in [0.717, 1.165) is 24.3 Å². The van der Waals surface area contributed by atoms with Gasteiger partial charge in [0.1, 0.15) is 12.4 Å². The Labute approximate surface area is 158 Å². The Balaban J connectivity index is 1.60. The molecule has 2 aromatic carbocycles. The number of carbonyl (C=O) groups excluding carboxylic acids is 2. The summed E-state index contributed by atoms with van der Waals surface area (Å²) in [5.41, 5.74) is 2.64. The van der Waals surface area contributed by atoms with Gasteiger partial charge in [-0.3, -0.25) is 9.59 Å². The first-order valence-corrected chi connectivity index (χ1v) is 9.17. The average molecular weight is 369 g/mol. The number of amides is 2. The zero-order valence-electron chi connectivity index (χ0n) is 15.5. The highest BCUT2D eigenvalue weighted by Crippen LogP contribution is 2.24. The van der Waals surface area contributed by atoms with Crippen LogP contribution in [0.2, 0.25) is 0 Å². The molecule has 0 aliphatic carbocycles. The van der Waals surface area contributed by atoms with Gasteiger partial charge in [-0.2, -0.15) is 0 Å². The molecule has 27 heavy (non-hydrogen) atoms. The largest absolute Gasteiger partial charge is 0.372 e. The first kappa shape index (κ1) is 18.9.